The first-order valence-electron chi connectivity index (χ1n) is 9.36. The lowest BCUT2D eigenvalue weighted by Gasteiger charge is -2.21. The lowest BCUT2D eigenvalue weighted by molar-refractivity contribution is -0.138. The molecular formula is C21H18F3N5O2. The normalized spacial score (nSPS) is 12.8. The maximum Gasteiger partial charge on any atom is 0.416 e. The standard InChI is InChI=1S/C21H18F3N5O2/c1-11-13(5-4-6-15(11)21(22,23)24)12(2)26-19-14-9-18(31-3)16(28-30)10-17(14)29-8-7-25-20(29)27-19/h4-10,12H,1-3H3,(H,25,26,27)/t12-/m1/s1. The van der Waals surface area contributed by atoms with Gasteiger partial charge in [0, 0.05) is 17.8 Å². The van der Waals surface area contributed by atoms with Crippen LogP contribution >= 0.6 is 0 Å². The van der Waals surface area contributed by atoms with Gasteiger partial charge in [-0.3, -0.25) is 4.40 Å². The number of nitrogens with zero attached hydrogens (tertiary/aromatic N) is 4. The van der Waals surface area contributed by atoms with Crippen LogP contribution in [0.4, 0.5) is 24.7 Å². The van der Waals surface area contributed by atoms with Gasteiger partial charge in [-0.25, -0.2) is 4.98 Å². The second-order valence-electron chi connectivity index (χ2n) is 7.07. The SMILES string of the molecule is COc1cc2c(N[C@H](C)c3cccc(C(F)(F)F)c3C)nc3nccn3c2cc1N=O. The Morgan fingerprint density at radius 1 is 1.26 bits per heavy atom. The topological polar surface area (TPSA) is 80.9 Å². The number of hydrogen-bond acceptors (Lipinski definition) is 6. The molecule has 4 rings (SSSR count). The van der Waals surface area contributed by atoms with Gasteiger partial charge in [0.1, 0.15) is 11.6 Å². The Hall–Kier alpha value is -3.69. The van der Waals surface area contributed by atoms with Gasteiger partial charge in [-0.05, 0) is 48.4 Å². The van der Waals surface area contributed by atoms with Crippen molar-refractivity contribution >= 4 is 28.2 Å². The van der Waals surface area contributed by atoms with Crippen LogP contribution in [0.15, 0.2) is 47.9 Å². The summed E-state index contributed by atoms with van der Waals surface area (Å²) in [5.74, 6) is 1.02. The number of methoxy groups -OCH3 is 1. The van der Waals surface area contributed by atoms with Crippen molar-refractivity contribution in [3.05, 3.63) is 64.3 Å². The maximum atomic E-state index is 13.3. The van der Waals surface area contributed by atoms with Crippen LogP contribution in [0.5, 0.6) is 5.75 Å². The molecule has 1 N–H and O–H groups in total. The Kier molecular flexibility index (Phi) is 5.00. The molecule has 2 heterocycles. The van der Waals surface area contributed by atoms with E-state index in [0.29, 0.717) is 28.1 Å². The van der Waals surface area contributed by atoms with E-state index in [1.165, 1.54) is 20.1 Å². The summed E-state index contributed by atoms with van der Waals surface area (Å²) >= 11 is 0. The lowest BCUT2D eigenvalue weighted by atomic mass is 9.97. The molecule has 0 bridgehead atoms. The summed E-state index contributed by atoms with van der Waals surface area (Å²) in [6, 6.07) is 6.78. The molecule has 160 valence electrons. The summed E-state index contributed by atoms with van der Waals surface area (Å²) in [7, 11) is 1.42. The average molecular weight is 429 g/mol. The van der Waals surface area contributed by atoms with E-state index in [-0.39, 0.29) is 17.0 Å². The van der Waals surface area contributed by atoms with E-state index in [2.05, 4.69) is 20.5 Å². The molecule has 0 aliphatic heterocycles. The number of ether oxygens (including phenoxy) is 1. The largest absolute Gasteiger partial charge is 0.494 e. The number of rotatable bonds is 5. The van der Waals surface area contributed by atoms with E-state index in [1.807, 2.05) is 0 Å². The minimum absolute atomic E-state index is 0.115. The molecule has 0 amide bonds. The predicted molar refractivity (Wildman–Crippen MR) is 111 cm³/mol. The fourth-order valence-electron chi connectivity index (χ4n) is 3.73. The number of imidazole rings is 1. The number of halogens is 3. The van der Waals surface area contributed by atoms with Crippen LogP contribution < -0.4 is 10.1 Å². The van der Waals surface area contributed by atoms with E-state index in [9.17, 15) is 18.1 Å². The number of alkyl halides is 3. The number of hydrogen-bond donors (Lipinski definition) is 1. The molecule has 2 aromatic carbocycles. The van der Waals surface area contributed by atoms with Crippen molar-refractivity contribution in [2.24, 2.45) is 5.18 Å². The van der Waals surface area contributed by atoms with Crippen LogP contribution in [-0.2, 0) is 6.18 Å². The van der Waals surface area contributed by atoms with Gasteiger partial charge in [0.25, 0.3) is 0 Å². The molecule has 10 heteroatoms. The van der Waals surface area contributed by atoms with E-state index < -0.39 is 17.8 Å². The second-order valence-corrected chi connectivity index (χ2v) is 7.07. The van der Waals surface area contributed by atoms with Crippen LogP contribution in [0.2, 0.25) is 0 Å². The Bertz CT molecular complexity index is 1300. The van der Waals surface area contributed by atoms with Crippen molar-refractivity contribution in [3.8, 4) is 5.75 Å². The fourth-order valence-corrected chi connectivity index (χ4v) is 3.73. The highest BCUT2D eigenvalue weighted by molar-refractivity contribution is 5.95. The van der Waals surface area contributed by atoms with Crippen molar-refractivity contribution in [1.82, 2.24) is 14.4 Å². The maximum absolute atomic E-state index is 13.3. The molecule has 0 saturated heterocycles. The highest BCUT2D eigenvalue weighted by atomic mass is 19.4. The molecule has 1 atom stereocenters. The highest BCUT2D eigenvalue weighted by Gasteiger charge is 2.33. The first-order chi connectivity index (χ1) is 14.7. The van der Waals surface area contributed by atoms with Crippen molar-refractivity contribution in [3.63, 3.8) is 0 Å². The smallest absolute Gasteiger partial charge is 0.416 e. The zero-order valence-electron chi connectivity index (χ0n) is 16.9. The van der Waals surface area contributed by atoms with Crippen LogP contribution in [0.1, 0.15) is 29.7 Å². The lowest BCUT2D eigenvalue weighted by Crippen LogP contribution is -2.14. The molecule has 4 aromatic rings. The summed E-state index contributed by atoms with van der Waals surface area (Å²) in [6.45, 7) is 3.20. The quantitative estimate of drug-likeness (QED) is 0.406. The Morgan fingerprint density at radius 2 is 2.03 bits per heavy atom. The monoisotopic (exact) mass is 429 g/mol. The molecular weight excluding hydrogens is 411 g/mol. The molecule has 0 radical (unpaired) electrons. The van der Waals surface area contributed by atoms with Gasteiger partial charge in [-0.2, -0.15) is 18.2 Å². The van der Waals surface area contributed by atoms with Crippen molar-refractivity contribution < 1.29 is 17.9 Å². The van der Waals surface area contributed by atoms with Crippen LogP contribution in [0.25, 0.3) is 16.7 Å². The third-order valence-corrected chi connectivity index (χ3v) is 5.24. The molecule has 7 nitrogen and oxygen atoms in total. The molecule has 0 aliphatic rings. The van der Waals surface area contributed by atoms with Gasteiger partial charge < -0.3 is 10.1 Å². The second kappa shape index (κ2) is 7.53. The van der Waals surface area contributed by atoms with Gasteiger partial charge in [-0.15, -0.1) is 4.91 Å². The first kappa shape index (κ1) is 20.6. The van der Waals surface area contributed by atoms with Gasteiger partial charge in [-0.1, -0.05) is 12.1 Å². The van der Waals surface area contributed by atoms with E-state index in [4.69, 9.17) is 4.74 Å². The number of nitroso groups, excluding NO2 is 1. The van der Waals surface area contributed by atoms with E-state index in [1.54, 1.807) is 41.9 Å². The Labute approximate surface area is 174 Å². The molecule has 0 aliphatic carbocycles. The van der Waals surface area contributed by atoms with E-state index in [0.717, 1.165) is 6.07 Å². The minimum Gasteiger partial charge on any atom is -0.494 e. The molecule has 0 saturated carbocycles. The molecule has 0 spiro atoms. The molecule has 2 aromatic heterocycles. The molecule has 0 unspecified atom stereocenters. The third kappa shape index (κ3) is 3.54. The van der Waals surface area contributed by atoms with Gasteiger partial charge in [0.2, 0.25) is 5.78 Å². The van der Waals surface area contributed by atoms with Gasteiger partial charge >= 0.3 is 6.18 Å². The summed E-state index contributed by atoms with van der Waals surface area (Å²) < 4.78 is 46.9. The zero-order valence-corrected chi connectivity index (χ0v) is 16.9. The van der Waals surface area contributed by atoms with Crippen molar-refractivity contribution in [2.75, 3.05) is 12.4 Å². The van der Waals surface area contributed by atoms with Crippen molar-refractivity contribution in [2.45, 2.75) is 26.1 Å². The van der Waals surface area contributed by atoms with E-state index >= 15 is 0 Å². The third-order valence-electron chi connectivity index (χ3n) is 5.24. The summed E-state index contributed by atoms with van der Waals surface area (Å²) in [5.41, 5.74) is 0.679. The Balaban J connectivity index is 1.85. The van der Waals surface area contributed by atoms with Gasteiger partial charge in [0.15, 0.2) is 5.69 Å². The summed E-state index contributed by atoms with van der Waals surface area (Å²) in [6.07, 6.45) is -1.19. The number of anilines is 1. The number of aromatic nitrogens is 3. The van der Waals surface area contributed by atoms with Crippen molar-refractivity contribution in [1.29, 1.82) is 0 Å². The minimum atomic E-state index is -4.44. The fraction of sp³-hybridized carbons (Fsp3) is 0.238. The Morgan fingerprint density at radius 3 is 2.71 bits per heavy atom. The van der Waals surface area contributed by atoms with Crippen LogP contribution in [0.3, 0.4) is 0 Å². The summed E-state index contributed by atoms with van der Waals surface area (Å²) in [5, 5.41) is 6.81. The number of nitrogens with one attached hydrogen (secondary N) is 1. The number of fused-ring (bicyclic) bond motifs is 3. The first-order valence-corrected chi connectivity index (χ1v) is 9.36. The van der Waals surface area contributed by atoms with Gasteiger partial charge in [0.05, 0.1) is 24.2 Å². The van der Waals surface area contributed by atoms with Crippen LogP contribution in [-0.4, -0.2) is 21.5 Å². The van der Waals surface area contributed by atoms with Crippen LogP contribution in [0, 0.1) is 11.8 Å². The summed E-state index contributed by atoms with van der Waals surface area (Å²) in [4.78, 5) is 19.9. The number of benzene rings is 2. The highest BCUT2D eigenvalue weighted by Crippen LogP contribution is 2.38. The molecule has 31 heavy (non-hydrogen) atoms. The zero-order chi connectivity index (χ0) is 22.3. The average Bonchev–Trinajstić information content (AvgIpc) is 3.20. The predicted octanol–water partition coefficient (Wildman–Crippen LogP) is 5.79. The molecule has 0 fully saturated rings.